The lowest BCUT2D eigenvalue weighted by molar-refractivity contribution is 0.0911. The van der Waals surface area contributed by atoms with E-state index in [1.165, 1.54) is 22.7 Å². The second-order valence-corrected chi connectivity index (χ2v) is 9.29. The van der Waals surface area contributed by atoms with Crippen LogP contribution in [0.25, 0.3) is 0 Å². The lowest BCUT2D eigenvalue weighted by Crippen LogP contribution is -2.42. The van der Waals surface area contributed by atoms with Crippen LogP contribution in [-0.2, 0) is 10.0 Å². The van der Waals surface area contributed by atoms with Crippen LogP contribution >= 0.6 is 11.3 Å². The number of nitrogens with zero attached hydrogens (tertiary/aromatic N) is 1. The average Bonchev–Trinajstić information content (AvgIpc) is 3.09. The molecule has 5 nitrogen and oxygen atoms in total. The lowest BCUT2D eigenvalue weighted by Gasteiger charge is -2.24. The van der Waals surface area contributed by atoms with Gasteiger partial charge in [0.2, 0.25) is 0 Å². The Bertz CT molecular complexity index is 795. The molecular formula is C17H22N2O3S2. The monoisotopic (exact) mass is 366 g/mol. The fraction of sp³-hybridized carbons (Fsp3) is 0.353. The highest BCUT2D eigenvalue weighted by atomic mass is 32.2. The third-order valence-corrected chi connectivity index (χ3v) is 7.10. The van der Waals surface area contributed by atoms with Crippen LogP contribution in [0.5, 0.6) is 0 Å². The number of rotatable bonds is 6. The Labute approximate surface area is 147 Å². The summed E-state index contributed by atoms with van der Waals surface area (Å²) in [6, 6.07) is 9.82. The average molecular weight is 367 g/mol. The van der Waals surface area contributed by atoms with Crippen LogP contribution in [0.1, 0.15) is 37.6 Å². The standard InChI is InChI=1S/C17H22N2O3S2/c1-5-17(2,3)18-16(20)13-8-10-14(11-9-13)19(4)24(21,22)15-7-6-12-23-15/h6-12H,5H2,1-4H3,(H,18,20). The number of hydrogen-bond acceptors (Lipinski definition) is 4. The van der Waals surface area contributed by atoms with E-state index in [-0.39, 0.29) is 15.7 Å². The SMILES string of the molecule is CCC(C)(C)NC(=O)c1ccc(N(C)S(=O)(=O)c2cccs2)cc1. The van der Waals surface area contributed by atoms with Crippen molar-refractivity contribution in [2.24, 2.45) is 0 Å². The van der Waals surface area contributed by atoms with Gasteiger partial charge >= 0.3 is 0 Å². The minimum Gasteiger partial charge on any atom is -0.347 e. The van der Waals surface area contributed by atoms with Crippen LogP contribution in [0, 0.1) is 0 Å². The molecule has 0 unspecified atom stereocenters. The predicted octanol–water partition coefficient (Wildman–Crippen LogP) is 3.49. The van der Waals surface area contributed by atoms with Crippen LogP contribution in [-0.4, -0.2) is 26.9 Å². The summed E-state index contributed by atoms with van der Waals surface area (Å²) in [5.74, 6) is -0.169. The Morgan fingerprint density at radius 2 is 1.83 bits per heavy atom. The highest BCUT2D eigenvalue weighted by Gasteiger charge is 2.23. The molecular weight excluding hydrogens is 344 g/mol. The zero-order valence-electron chi connectivity index (χ0n) is 14.2. The third kappa shape index (κ3) is 3.96. The predicted molar refractivity (Wildman–Crippen MR) is 98.2 cm³/mol. The van der Waals surface area contributed by atoms with Gasteiger partial charge in [-0.05, 0) is 56.0 Å². The van der Waals surface area contributed by atoms with Crippen molar-refractivity contribution in [3.05, 3.63) is 47.3 Å². The van der Waals surface area contributed by atoms with Gasteiger partial charge in [-0.1, -0.05) is 13.0 Å². The van der Waals surface area contributed by atoms with Gasteiger partial charge in [-0.25, -0.2) is 8.42 Å². The summed E-state index contributed by atoms with van der Waals surface area (Å²) in [5.41, 5.74) is 0.728. The van der Waals surface area contributed by atoms with E-state index < -0.39 is 10.0 Å². The minimum atomic E-state index is -3.56. The molecule has 2 rings (SSSR count). The number of anilines is 1. The van der Waals surface area contributed by atoms with Crippen molar-refractivity contribution in [1.82, 2.24) is 5.32 Å². The molecule has 0 atom stereocenters. The van der Waals surface area contributed by atoms with Crippen molar-refractivity contribution in [2.75, 3.05) is 11.4 Å². The fourth-order valence-corrected chi connectivity index (χ4v) is 4.33. The van der Waals surface area contributed by atoms with E-state index in [2.05, 4.69) is 5.32 Å². The molecule has 1 N–H and O–H groups in total. The van der Waals surface area contributed by atoms with Crippen molar-refractivity contribution >= 4 is 33.0 Å². The number of carbonyl (C=O) groups excluding carboxylic acids is 1. The van der Waals surface area contributed by atoms with Gasteiger partial charge in [0.1, 0.15) is 4.21 Å². The maximum Gasteiger partial charge on any atom is 0.273 e. The van der Waals surface area contributed by atoms with Crippen LogP contribution in [0.4, 0.5) is 5.69 Å². The summed E-state index contributed by atoms with van der Waals surface area (Å²) < 4.78 is 26.5. The van der Waals surface area contributed by atoms with Crippen LogP contribution in [0.2, 0.25) is 0 Å². The molecule has 0 aliphatic carbocycles. The van der Waals surface area contributed by atoms with Gasteiger partial charge in [0.15, 0.2) is 0 Å². The summed E-state index contributed by atoms with van der Waals surface area (Å²) >= 11 is 1.18. The number of amides is 1. The molecule has 0 radical (unpaired) electrons. The number of hydrogen-bond donors (Lipinski definition) is 1. The first-order valence-corrected chi connectivity index (χ1v) is 9.94. The van der Waals surface area contributed by atoms with Gasteiger partial charge in [-0.15, -0.1) is 11.3 Å². The van der Waals surface area contributed by atoms with Crippen molar-refractivity contribution in [3.63, 3.8) is 0 Å². The number of nitrogens with one attached hydrogen (secondary N) is 1. The lowest BCUT2D eigenvalue weighted by atomic mass is 10.0. The first kappa shape index (κ1) is 18.5. The molecule has 1 heterocycles. The second-order valence-electron chi connectivity index (χ2n) is 6.14. The Morgan fingerprint density at radius 3 is 2.33 bits per heavy atom. The van der Waals surface area contributed by atoms with E-state index in [9.17, 15) is 13.2 Å². The second kappa shape index (κ2) is 6.94. The smallest absolute Gasteiger partial charge is 0.273 e. The molecule has 7 heteroatoms. The van der Waals surface area contributed by atoms with Gasteiger partial charge in [0.05, 0.1) is 5.69 Å². The molecule has 24 heavy (non-hydrogen) atoms. The summed E-state index contributed by atoms with van der Waals surface area (Å²) in [6.07, 6.45) is 0.818. The quantitative estimate of drug-likeness (QED) is 0.851. The summed E-state index contributed by atoms with van der Waals surface area (Å²) in [7, 11) is -2.06. The fourth-order valence-electron chi connectivity index (χ4n) is 1.97. The molecule has 0 fully saturated rings. The van der Waals surface area contributed by atoms with E-state index in [0.717, 1.165) is 6.42 Å². The first-order chi connectivity index (χ1) is 11.2. The van der Waals surface area contributed by atoms with E-state index in [0.29, 0.717) is 11.3 Å². The van der Waals surface area contributed by atoms with Crippen LogP contribution in [0.3, 0.4) is 0 Å². The van der Waals surface area contributed by atoms with E-state index >= 15 is 0 Å². The van der Waals surface area contributed by atoms with Crippen molar-refractivity contribution < 1.29 is 13.2 Å². The molecule has 1 aromatic carbocycles. The Kier molecular flexibility index (Phi) is 5.35. The molecule has 0 aliphatic heterocycles. The maximum absolute atomic E-state index is 12.5. The van der Waals surface area contributed by atoms with E-state index in [1.54, 1.807) is 41.8 Å². The molecule has 0 saturated heterocycles. The minimum absolute atomic E-state index is 0.169. The number of benzene rings is 1. The van der Waals surface area contributed by atoms with Crippen LogP contribution < -0.4 is 9.62 Å². The Morgan fingerprint density at radius 1 is 1.21 bits per heavy atom. The maximum atomic E-state index is 12.5. The molecule has 130 valence electrons. The van der Waals surface area contributed by atoms with Gasteiger partial charge in [-0.3, -0.25) is 9.10 Å². The van der Waals surface area contributed by atoms with E-state index in [1.807, 2.05) is 20.8 Å². The zero-order chi connectivity index (χ0) is 18.0. The number of sulfonamides is 1. The van der Waals surface area contributed by atoms with Gasteiger partial charge in [0, 0.05) is 18.2 Å². The molecule has 0 spiro atoms. The molecule has 1 amide bonds. The van der Waals surface area contributed by atoms with Crippen molar-refractivity contribution in [2.45, 2.75) is 36.9 Å². The van der Waals surface area contributed by atoms with Crippen molar-refractivity contribution in [1.29, 1.82) is 0 Å². The number of thiophene rings is 1. The zero-order valence-corrected chi connectivity index (χ0v) is 15.9. The first-order valence-electron chi connectivity index (χ1n) is 7.62. The van der Waals surface area contributed by atoms with Gasteiger partial charge in [-0.2, -0.15) is 0 Å². The van der Waals surface area contributed by atoms with Crippen molar-refractivity contribution in [3.8, 4) is 0 Å². The number of carbonyl (C=O) groups is 1. The summed E-state index contributed by atoms with van der Waals surface area (Å²) in [6.45, 7) is 5.93. The molecule has 2 aromatic rings. The highest BCUT2D eigenvalue weighted by Crippen LogP contribution is 2.25. The van der Waals surface area contributed by atoms with Gasteiger partial charge < -0.3 is 5.32 Å². The summed E-state index contributed by atoms with van der Waals surface area (Å²) in [4.78, 5) is 12.2. The largest absolute Gasteiger partial charge is 0.347 e. The highest BCUT2D eigenvalue weighted by molar-refractivity contribution is 7.94. The molecule has 0 aliphatic rings. The Hall–Kier alpha value is -1.86. The third-order valence-electron chi connectivity index (χ3n) is 3.94. The van der Waals surface area contributed by atoms with Crippen LogP contribution in [0.15, 0.2) is 46.0 Å². The molecule has 1 aromatic heterocycles. The molecule has 0 bridgehead atoms. The summed E-state index contributed by atoms with van der Waals surface area (Å²) in [5, 5.41) is 4.68. The van der Waals surface area contributed by atoms with E-state index in [4.69, 9.17) is 0 Å². The van der Waals surface area contributed by atoms with Gasteiger partial charge in [0.25, 0.3) is 15.9 Å². The normalized spacial score (nSPS) is 12.0. The topological polar surface area (TPSA) is 66.5 Å². The molecule has 0 saturated carbocycles. The Balaban J connectivity index is 2.19.